The van der Waals surface area contributed by atoms with Crippen LogP contribution in [0.2, 0.25) is 0 Å². The van der Waals surface area contributed by atoms with Crippen LogP contribution in [0.5, 0.6) is 23.0 Å². The van der Waals surface area contributed by atoms with Gasteiger partial charge in [-0.05, 0) is 31.2 Å². The molecule has 20 heteroatoms. The van der Waals surface area contributed by atoms with Crippen LogP contribution in [-0.4, -0.2) is 167 Å². The third kappa shape index (κ3) is 7.52. The molecule has 3 aromatic rings. The summed E-state index contributed by atoms with van der Waals surface area (Å²) in [4.78, 5) is 14.0. The number of rotatable bonds is 9. The van der Waals surface area contributed by atoms with Gasteiger partial charge >= 0.3 is 0 Å². The molecule has 0 bridgehead atoms. The Bertz CT molecular complexity index is 1780. The second-order valence-corrected chi connectivity index (χ2v) is 12.9. The van der Waals surface area contributed by atoms with E-state index in [1.807, 2.05) is 0 Å². The molecule has 0 unspecified atom stereocenters. The molecule has 0 spiro atoms. The van der Waals surface area contributed by atoms with Gasteiger partial charge in [-0.3, -0.25) is 4.79 Å². The Labute approximate surface area is 298 Å². The Hall–Kier alpha value is -3.71. The minimum atomic E-state index is -2.00. The number of hydrogen-bond acceptors (Lipinski definition) is 20. The number of hydrogen-bond donors (Lipinski definition) is 12. The molecule has 3 fully saturated rings. The first-order valence-corrected chi connectivity index (χ1v) is 16.4. The van der Waals surface area contributed by atoms with Gasteiger partial charge in [0.05, 0.1) is 19.3 Å². The van der Waals surface area contributed by atoms with Gasteiger partial charge in [0.15, 0.2) is 12.1 Å². The average Bonchev–Trinajstić information content (AvgIpc) is 3.13. The normalized spacial score (nSPS) is 37.8. The monoisotopic (exact) mass is 756 g/mol. The highest BCUT2D eigenvalue weighted by atomic mass is 16.7. The van der Waals surface area contributed by atoms with E-state index in [1.54, 1.807) is 0 Å². The number of aliphatic hydroxyl groups excluding tert-OH is 10. The van der Waals surface area contributed by atoms with E-state index in [0.717, 1.165) is 12.1 Å². The fourth-order valence-corrected chi connectivity index (χ4v) is 6.14. The predicted molar refractivity (Wildman–Crippen MR) is 171 cm³/mol. The molecule has 0 saturated carbocycles. The fraction of sp³-hybridized carbons (Fsp3) is 0.545. The number of ether oxygens (including phenoxy) is 6. The van der Waals surface area contributed by atoms with Crippen LogP contribution < -0.4 is 14.9 Å². The zero-order valence-corrected chi connectivity index (χ0v) is 27.7. The molecule has 20 nitrogen and oxygen atoms in total. The van der Waals surface area contributed by atoms with Crippen LogP contribution in [0.4, 0.5) is 0 Å². The van der Waals surface area contributed by atoms with E-state index in [4.69, 9.17) is 32.8 Å². The smallest absolute Gasteiger partial charge is 0.239 e. The van der Waals surface area contributed by atoms with Crippen molar-refractivity contribution >= 4 is 11.0 Å². The molecular formula is C33H40O20. The maximum atomic E-state index is 14.0. The topological polar surface area (TPSA) is 328 Å². The van der Waals surface area contributed by atoms with E-state index in [2.05, 4.69) is 0 Å². The van der Waals surface area contributed by atoms with Crippen molar-refractivity contribution in [3.8, 4) is 34.3 Å². The van der Waals surface area contributed by atoms with Gasteiger partial charge in [-0.15, -0.1) is 0 Å². The van der Waals surface area contributed by atoms with Crippen molar-refractivity contribution in [2.24, 2.45) is 0 Å². The number of aromatic hydroxyl groups is 2. The quantitative estimate of drug-likeness (QED) is 0.0992. The van der Waals surface area contributed by atoms with Crippen molar-refractivity contribution in [3.63, 3.8) is 0 Å². The van der Waals surface area contributed by atoms with Gasteiger partial charge in [0.25, 0.3) is 0 Å². The Morgan fingerprint density at radius 3 is 1.87 bits per heavy atom. The minimum Gasteiger partial charge on any atom is -0.508 e. The lowest BCUT2D eigenvalue weighted by atomic mass is 9.98. The molecule has 292 valence electrons. The lowest BCUT2D eigenvalue weighted by molar-refractivity contribution is -0.318. The molecule has 15 atom stereocenters. The number of aliphatic hydroxyl groups is 10. The Morgan fingerprint density at radius 2 is 1.23 bits per heavy atom. The number of fused-ring (bicyclic) bond motifs is 1. The third-order valence-corrected chi connectivity index (χ3v) is 9.27. The molecule has 1 aromatic heterocycles. The van der Waals surface area contributed by atoms with Crippen LogP contribution in [0, 0.1) is 0 Å². The summed E-state index contributed by atoms with van der Waals surface area (Å²) >= 11 is 0. The van der Waals surface area contributed by atoms with Gasteiger partial charge in [0, 0.05) is 17.7 Å². The van der Waals surface area contributed by atoms with Crippen molar-refractivity contribution in [2.75, 3.05) is 13.2 Å². The molecule has 53 heavy (non-hydrogen) atoms. The van der Waals surface area contributed by atoms with E-state index in [1.165, 1.54) is 31.2 Å². The van der Waals surface area contributed by atoms with E-state index in [-0.39, 0.29) is 28.4 Å². The SMILES string of the molecule is C[C@@H]1O[C@@H](OC[C@H]2O[C@@H](Oc3c(-c4ccc(O)cc4)oc4cc(O[C@@H]5O[C@H](CO)[C@@H](O)[C@H](O)[C@H]5O)cc(O)c4c3=O)[C@H](O)[C@@H](O)[C@H]2O)[C@H](O)[C@H](O)[C@H]1O. The second-order valence-electron chi connectivity index (χ2n) is 12.9. The summed E-state index contributed by atoms with van der Waals surface area (Å²) < 4.78 is 39.3. The summed E-state index contributed by atoms with van der Waals surface area (Å²) in [6, 6.07) is 7.20. The summed E-state index contributed by atoms with van der Waals surface area (Å²) in [5, 5.41) is 123. The number of phenols is 2. The Kier molecular flexibility index (Phi) is 11.5. The van der Waals surface area contributed by atoms with Crippen molar-refractivity contribution < 1.29 is 94.1 Å². The number of benzene rings is 2. The van der Waals surface area contributed by atoms with Crippen LogP contribution in [0.25, 0.3) is 22.3 Å². The lowest BCUT2D eigenvalue weighted by Gasteiger charge is -2.42. The first-order valence-electron chi connectivity index (χ1n) is 16.4. The van der Waals surface area contributed by atoms with Crippen LogP contribution in [0.15, 0.2) is 45.6 Å². The van der Waals surface area contributed by atoms with Crippen molar-refractivity contribution in [3.05, 3.63) is 46.6 Å². The van der Waals surface area contributed by atoms with Gasteiger partial charge < -0.3 is 94.1 Å². The van der Waals surface area contributed by atoms with E-state index < -0.39 is 128 Å². The maximum Gasteiger partial charge on any atom is 0.239 e. The van der Waals surface area contributed by atoms with E-state index in [9.17, 15) is 66.1 Å². The molecule has 3 aliphatic heterocycles. The molecule has 3 saturated heterocycles. The summed E-state index contributed by atoms with van der Waals surface area (Å²) in [5.74, 6) is -2.21. The van der Waals surface area contributed by atoms with Crippen LogP contribution in [0.1, 0.15) is 6.92 Å². The zero-order chi connectivity index (χ0) is 38.5. The zero-order valence-electron chi connectivity index (χ0n) is 27.7. The van der Waals surface area contributed by atoms with Crippen LogP contribution in [0.3, 0.4) is 0 Å². The Balaban J connectivity index is 1.32. The summed E-state index contributed by atoms with van der Waals surface area (Å²) in [6.45, 7) is 0.0485. The molecule has 0 aliphatic carbocycles. The first-order chi connectivity index (χ1) is 25.1. The molecule has 6 rings (SSSR count). The highest BCUT2D eigenvalue weighted by molar-refractivity contribution is 5.88. The fourth-order valence-electron chi connectivity index (χ4n) is 6.14. The minimum absolute atomic E-state index is 0.112. The standard InChI is InChI=1S/C33H40O20/c1-10-19(37)23(41)26(44)31(48-10)47-9-17-21(39)25(43)28(46)33(52-17)53-30-22(40)18-14(36)6-13(49-32-27(45)24(42)20(38)16(8-34)51-32)7-15(18)50-29(30)11-2-4-12(35)5-3-11/h2-7,10,16-17,19-21,23-28,31-39,41-46H,8-9H2,1H3/t10-,16+,17+,19-,20+,21-,23+,24-,25-,26+,27+,28+,31+,32+,33-/m0/s1. The average molecular weight is 757 g/mol. The second kappa shape index (κ2) is 15.6. The molecule has 2 aromatic carbocycles. The van der Waals surface area contributed by atoms with Gasteiger partial charge in [0.2, 0.25) is 23.8 Å². The highest BCUT2D eigenvalue weighted by Crippen LogP contribution is 2.39. The molecule has 3 aliphatic rings. The maximum absolute atomic E-state index is 14.0. The van der Waals surface area contributed by atoms with Gasteiger partial charge in [-0.2, -0.15) is 0 Å². The van der Waals surface area contributed by atoms with Gasteiger partial charge in [-0.25, -0.2) is 0 Å². The van der Waals surface area contributed by atoms with Crippen LogP contribution in [-0.2, 0) is 18.9 Å². The molecule has 4 heterocycles. The largest absolute Gasteiger partial charge is 0.508 e. The van der Waals surface area contributed by atoms with Crippen molar-refractivity contribution in [1.82, 2.24) is 0 Å². The lowest BCUT2D eigenvalue weighted by Crippen LogP contribution is -2.61. The summed E-state index contributed by atoms with van der Waals surface area (Å²) in [6.07, 6.45) is -24.7. The number of phenolic OH excluding ortho intramolecular Hbond substituents is 2. The Morgan fingerprint density at radius 1 is 0.660 bits per heavy atom. The van der Waals surface area contributed by atoms with Gasteiger partial charge in [-0.1, -0.05) is 0 Å². The third-order valence-electron chi connectivity index (χ3n) is 9.27. The van der Waals surface area contributed by atoms with Gasteiger partial charge in [0.1, 0.15) is 95.4 Å². The highest BCUT2D eigenvalue weighted by Gasteiger charge is 2.48. The molecule has 0 amide bonds. The van der Waals surface area contributed by atoms with Crippen molar-refractivity contribution in [2.45, 2.75) is 99.0 Å². The van der Waals surface area contributed by atoms with Crippen LogP contribution >= 0.6 is 0 Å². The summed E-state index contributed by atoms with van der Waals surface area (Å²) in [7, 11) is 0. The van der Waals surface area contributed by atoms with E-state index >= 15 is 0 Å². The summed E-state index contributed by atoms with van der Waals surface area (Å²) in [5.41, 5.74) is -1.26. The molecular weight excluding hydrogens is 716 g/mol. The van der Waals surface area contributed by atoms with E-state index in [0.29, 0.717) is 0 Å². The van der Waals surface area contributed by atoms with Crippen molar-refractivity contribution in [1.29, 1.82) is 0 Å². The predicted octanol–water partition coefficient (Wildman–Crippen LogP) is -3.92. The molecule has 12 N–H and O–H groups in total. The first kappa shape index (κ1) is 39.0. The molecule has 0 radical (unpaired) electrons.